The molecule has 0 aliphatic carbocycles. The van der Waals surface area contributed by atoms with Crippen LogP contribution in [0.25, 0.3) is 0 Å². The molecule has 6 heteroatoms. The quantitative estimate of drug-likeness (QED) is 0.921. The van der Waals surface area contributed by atoms with Crippen LogP contribution in [0.5, 0.6) is 0 Å². The normalized spacial score (nSPS) is 10.0. The molecule has 22 heavy (non-hydrogen) atoms. The van der Waals surface area contributed by atoms with Crippen LogP contribution in [0.15, 0.2) is 36.4 Å². The van der Waals surface area contributed by atoms with E-state index >= 15 is 0 Å². The van der Waals surface area contributed by atoms with Gasteiger partial charge in [0.1, 0.15) is 0 Å². The average Bonchev–Trinajstić information content (AvgIpc) is 2.86. The first kappa shape index (κ1) is 15.6. The van der Waals surface area contributed by atoms with Crippen molar-refractivity contribution in [2.45, 2.75) is 26.8 Å². The minimum Gasteiger partial charge on any atom is -0.294 e. The molecule has 2 rings (SSSR count). The molecule has 1 N–H and O–H groups in total. The molecule has 0 aliphatic heterocycles. The van der Waals surface area contributed by atoms with Crippen molar-refractivity contribution in [1.82, 2.24) is 9.78 Å². The second-order valence-electron chi connectivity index (χ2n) is 4.81. The summed E-state index contributed by atoms with van der Waals surface area (Å²) >= 11 is 0. The molecule has 1 aromatic carbocycles. The van der Waals surface area contributed by atoms with E-state index in [9.17, 15) is 4.79 Å². The lowest BCUT2D eigenvalue weighted by Gasteiger charge is -2.20. The fourth-order valence-electron chi connectivity index (χ4n) is 2.18. The van der Waals surface area contributed by atoms with Gasteiger partial charge >= 0.3 is 6.03 Å². The maximum absolute atomic E-state index is 12.4. The van der Waals surface area contributed by atoms with E-state index in [1.807, 2.05) is 44.2 Å². The van der Waals surface area contributed by atoms with Gasteiger partial charge in [0.05, 0.1) is 19.0 Å². The van der Waals surface area contributed by atoms with Crippen molar-refractivity contribution in [3.63, 3.8) is 0 Å². The highest BCUT2D eigenvalue weighted by molar-refractivity contribution is 6.01. The van der Waals surface area contributed by atoms with Crippen molar-refractivity contribution in [2.24, 2.45) is 0 Å². The molecular formula is C16H19N5O. The summed E-state index contributed by atoms with van der Waals surface area (Å²) in [5, 5.41) is 15.7. The number of para-hydroxylation sites is 1. The second-order valence-corrected chi connectivity index (χ2v) is 4.81. The van der Waals surface area contributed by atoms with Gasteiger partial charge in [0.2, 0.25) is 0 Å². The molecule has 1 heterocycles. The number of hydrogen-bond acceptors (Lipinski definition) is 3. The van der Waals surface area contributed by atoms with Crippen molar-refractivity contribution in [3.8, 4) is 6.07 Å². The SMILES string of the molecule is CCN(C(=O)Nc1cc(C)n(CCC#N)n1)c1ccccc1. The van der Waals surface area contributed by atoms with Crippen LogP contribution in [0, 0.1) is 18.3 Å². The lowest BCUT2D eigenvalue weighted by Crippen LogP contribution is -2.34. The summed E-state index contributed by atoms with van der Waals surface area (Å²) in [7, 11) is 0. The largest absolute Gasteiger partial charge is 0.327 e. The van der Waals surface area contributed by atoms with Crippen molar-refractivity contribution < 1.29 is 4.79 Å². The summed E-state index contributed by atoms with van der Waals surface area (Å²) in [5.41, 5.74) is 1.75. The Morgan fingerprint density at radius 3 is 2.77 bits per heavy atom. The maximum Gasteiger partial charge on any atom is 0.327 e. The maximum atomic E-state index is 12.4. The number of nitrogens with zero attached hydrogens (tertiary/aromatic N) is 4. The Morgan fingerprint density at radius 2 is 2.14 bits per heavy atom. The lowest BCUT2D eigenvalue weighted by atomic mass is 10.3. The van der Waals surface area contributed by atoms with E-state index in [1.165, 1.54) is 0 Å². The van der Waals surface area contributed by atoms with Gasteiger partial charge in [-0.3, -0.25) is 14.9 Å². The predicted molar refractivity (Wildman–Crippen MR) is 85.7 cm³/mol. The first-order valence-corrected chi connectivity index (χ1v) is 7.20. The van der Waals surface area contributed by atoms with E-state index < -0.39 is 0 Å². The lowest BCUT2D eigenvalue weighted by molar-refractivity contribution is 0.257. The van der Waals surface area contributed by atoms with Crippen molar-refractivity contribution in [1.29, 1.82) is 5.26 Å². The first-order chi connectivity index (χ1) is 10.7. The van der Waals surface area contributed by atoms with E-state index in [1.54, 1.807) is 15.6 Å². The molecule has 0 radical (unpaired) electrons. The van der Waals surface area contributed by atoms with Gasteiger partial charge in [-0.15, -0.1) is 0 Å². The number of hydrogen-bond donors (Lipinski definition) is 1. The van der Waals surface area contributed by atoms with Crippen molar-refractivity contribution >= 4 is 17.5 Å². The molecular weight excluding hydrogens is 278 g/mol. The molecule has 0 fully saturated rings. The number of nitriles is 1. The van der Waals surface area contributed by atoms with E-state index in [0.717, 1.165) is 11.4 Å². The minimum atomic E-state index is -0.223. The van der Waals surface area contributed by atoms with Gasteiger partial charge in [-0.25, -0.2) is 4.79 Å². The molecule has 2 aromatic rings. The molecule has 0 saturated heterocycles. The highest BCUT2D eigenvalue weighted by Crippen LogP contribution is 2.15. The molecule has 114 valence electrons. The average molecular weight is 297 g/mol. The number of nitrogens with one attached hydrogen (secondary N) is 1. The zero-order valence-electron chi connectivity index (χ0n) is 12.8. The summed E-state index contributed by atoms with van der Waals surface area (Å²) in [6.07, 6.45) is 0.390. The number of rotatable bonds is 5. The third kappa shape index (κ3) is 3.64. The summed E-state index contributed by atoms with van der Waals surface area (Å²) < 4.78 is 1.72. The van der Waals surface area contributed by atoms with Crippen LogP contribution < -0.4 is 10.2 Å². The van der Waals surface area contributed by atoms with Crippen LogP contribution in [0.2, 0.25) is 0 Å². The number of benzene rings is 1. The van der Waals surface area contributed by atoms with Crippen LogP contribution >= 0.6 is 0 Å². The van der Waals surface area contributed by atoms with E-state index in [-0.39, 0.29) is 6.03 Å². The number of urea groups is 1. The third-order valence-electron chi connectivity index (χ3n) is 3.28. The standard InChI is InChI=1S/C16H19N5O/c1-3-20(14-8-5-4-6-9-14)16(22)18-15-12-13(2)21(19-15)11-7-10-17/h4-6,8-9,12H,3,7,11H2,1-2H3,(H,18,19,22). The van der Waals surface area contributed by atoms with Crippen molar-refractivity contribution in [2.75, 3.05) is 16.8 Å². The molecule has 6 nitrogen and oxygen atoms in total. The Bertz CT molecular complexity index is 672. The van der Waals surface area contributed by atoms with Crippen LogP contribution in [0.3, 0.4) is 0 Å². The Hall–Kier alpha value is -2.81. The molecule has 0 bridgehead atoms. The van der Waals surface area contributed by atoms with Gasteiger partial charge in [-0.2, -0.15) is 10.4 Å². The Labute approximate surface area is 130 Å². The third-order valence-corrected chi connectivity index (χ3v) is 3.28. The molecule has 0 unspecified atom stereocenters. The van der Waals surface area contributed by atoms with Crippen LogP contribution in [0.4, 0.5) is 16.3 Å². The first-order valence-electron chi connectivity index (χ1n) is 7.20. The van der Waals surface area contributed by atoms with E-state index in [2.05, 4.69) is 16.5 Å². The summed E-state index contributed by atoms with van der Waals surface area (Å²) in [5.74, 6) is 0.495. The number of aromatic nitrogens is 2. The van der Waals surface area contributed by atoms with Gasteiger partial charge < -0.3 is 0 Å². The molecule has 0 aliphatic rings. The summed E-state index contributed by atoms with van der Waals surface area (Å²) in [6, 6.07) is 13.1. The van der Waals surface area contributed by atoms with Gasteiger partial charge in [-0.05, 0) is 26.0 Å². The monoisotopic (exact) mass is 297 g/mol. The fourth-order valence-corrected chi connectivity index (χ4v) is 2.18. The smallest absolute Gasteiger partial charge is 0.294 e. The highest BCUT2D eigenvalue weighted by Gasteiger charge is 2.15. The van der Waals surface area contributed by atoms with Gasteiger partial charge in [0.25, 0.3) is 0 Å². The summed E-state index contributed by atoms with van der Waals surface area (Å²) in [4.78, 5) is 14.0. The van der Waals surface area contributed by atoms with E-state index in [4.69, 9.17) is 5.26 Å². The molecule has 2 amide bonds. The number of anilines is 2. The molecule has 0 saturated carbocycles. The Kier molecular flexibility index (Phi) is 5.15. The van der Waals surface area contributed by atoms with E-state index in [0.29, 0.717) is 25.3 Å². The van der Waals surface area contributed by atoms with Crippen LogP contribution in [0.1, 0.15) is 19.0 Å². The van der Waals surface area contributed by atoms with Crippen LogP contribution in [-0.4, -0.2) is 22.4 Å². The van der Waals surface area contributed by atoms with Gasteiger partial charge in [0, 0.05) is 24.0 Å². The minimum absolute atomic E-state index is 0.223. The molecule has 0 atom stereocenters. The number of aryl methyl sites for hydroxylation is 2. The predicted octanol–water partition coefficient (Wildman–Crippen LogP) is 3.16. The number of carbonyl (C=O) groups excluding carboxylic acids is 1. The number of carbonyl (C=O) groups is 1. The zero-order valence-corrected chi connectivity index (χ0v) is 12.8. The second kappa shape index (κ2) is 7.27. The van der Waals surface area contributed by atoms with Crippen molar-refractivity contribution in [3.05, 3.63) is 42.1 Å². The number of amides is 2. The Balaban J connectivity index is 2.09. The fraction of sp³-hybridized carbons (Fsp3) is 0.312. The molecule has 0 spiro atoms. The highest BCUT2D eigenvalue weighted by atomic mass is 16.2. The summed E-state index contributed by atoms with van der Waals surface area (Å²) in [6.45, 7) is 4.90. The van der Waals surface area contributed by atoms with Crippen LogP contribution in [-0.2, 0) is 6.54 Å². The topological polar surface area (TPSA) is 74.0 Å². The zero-order chi connectivity index (χ0) is 15.9. The van der Waals surface area contributed by atoms with Gasteiger partial charge in [0.15, 0.2) is 5.82 Å². The Morgan fingerprint density at radius 1 is 1.41 bits per heavy atom. The molecule has 1 aromatic heterocycles. The van der Waals surface area contributed by atoms with Gasteiger partial charge in [-0.1, -0.05) is 18.2 Å².